The summed E-state index contributed by atoms with van der Waals surface area (Å²) >= 11 is 1.89. The molecule has 1 unspecified atom stereocenters. The van der Waals surface area contributed by atoms with E-state index in [9.17, 15) is 4.79 Å². The minimum Gasteiger partial charge on any atom is -0.473 e. The van der Waals surface area contributed by atoms with E-state index in [1.165, 1.54) is 6.20 Å². The van der Waals surface area contributed by atoms with Crippen molar-refractivity contribution in [2.75, 3.05) is 11.5 Å². The molecule has 0 aliphatic carbocycles. The van der Waals surface area contributed by atoms with Gasteiger partial charge in [0, 0.05) is 30.4 Å². The van der Waals surface area contributed by atoms with Crippen molar-refractivity contribution >= 4 is 17.7 Å². The van der Waals surface area contributed by atoms with Gasteiger partial charge in [0.05, 0.1) is 24.0 Å². The molecule has 0 bridgehead atoms. The summed E-state index contributed by atoms with van der Waals surface area (Å²) in [6.07, 6.45) is 7.62. The summed E-state index contributed by atoms with van der Waals surface area (Å²) in [6, 6.07) is 3.46. The van der Waals surface area contributed by atoms with Gasteiger partial charge in [0.1, 0.15) is 6.10 Å². The molecule has 1 aliphatic rings. The highest BCUT2D eigenvalue weighted by Crippen LogP contribution is 2.21. The van der Waals surface area contributed by atoms with Crippen LogP contribution in [-0.2, 0) is 6.54 Å². The van der Waals surface area contributed by atoms with E-state index in [0.29, 0.717) is 23.7 Å². The molecular weight excluding hydrogens is 300 g/mol. The molecule has 0 aromatic carbocycles. The van der Waals surface area contributed by atoms with Gasteiger partial charge in [-0.05, 0) is 18.2 Å². The largest absolute Gasteiger partial charge is 0.473 e. The minimum atomic E-state index is -0.193. The summed E-state index contributed by atoms with van der Waals surface area (Å²) in [7, 11) is 0. The molecule has 114 valence electrons. The number of nitrogens with one attached hydrogen (secondary N) is 1. The lowest BCUT2D eigenvalue weighted by molar-refractivity contribution is 0.0950. The first-order chi connectivity index (χ1) is 10.8. The molecule has 1 aliphatic heterocycles. The number of carbonyl (C=O) groups excluding carboxylic acids is 1. The molecule has 1 amide bonds. The SMILES string of the molecule is O=C(NCc1cnccn1)c1ccc(OC2CCSC2)nc1. The predicted molar refractivity (Wildman–Crippen MR) is 83.8 cm³/mol. The maximum Gasteiger partial charge on any atom is 0.253 e. The Morgan fingerprint density at radius 2 is 2.27 bits per heavy atom. The van der Waals surface area contributed by atoms with E-state index < -0.39 is 0 Å². The third-order valence-corrected chi connectivity index (χ3v) is 4.35. The maximum absolute atomic E-state index is 12.0. The lowest BCUT2D eigenvalue weighted by Gasteiger charge is -2.11. The Morgan fingerprint density at radius 1 is 1.32 bits per heavy atom. The monoisotopic (exact) mass is 316 g/mol. The Balaban J connectivity index is 1.54. The average molecular weight is 316 g/mol. The smallest absolute Gasteiger partial charge is 0.253 e. The Labute approximate surface area is 132 Å². The number of nitrogens with zero attached hydrogens (tertiary/aromatic N) is 3. The highest BCUT2D eigenvalue weighted by Gasteiger charge is 2.17. The maximum atomic E-state index is 12.0. The van der Waals surface area contributed by atoms with Crippen molar-refractivity contribution in [1.82, 2.24) is 20.3 Å². The number of pyridine rings is 1. The molecule has 2 aromatic heterocycles. The second kappa shape index (κ2) is 7.22. The van der Waals surface area contributed by atoms with Crippen LogP contribution in [0.5, 0.6) is 5.88 Å². The molecule has 0 spiro atoms. The van der Waals surface area contributed by atoms with Gasteiger partial charge in [0.15, 0.2) is 0 Å². The molecule has 3 rings (SSSR count). The fraction of sp³-hybridized carbons (Fsp3) is 0.333. The average Bonchev–Trinajstić information content (AvgIpc) is 3.07. The molecule has 1 atom stereocenters. The van der Waals surface area contributed by atoms with Gasteiger partial charge >= 0.3 is 0 Å². The topological polar surface area (TPSA) is 77.0 Å². The molecule has 2 aromatic rings. The number of rotatable bonds is 5. The van der Waals surface area contributed by atoms with E-state index in [1.54, 1.807) is 30.7 Å². The second-order valence-electron chi connectivity index (χ2n) is 4.87. The summed E-state index contributed by atoms with van der Waals surface area (Å²) in [5.41, 5.74) is 1.21. The van der Waals surface area contributed by atoms with E-state index in [2.05, 4.69) is 20.3 Å². The van der Waals surface area contributed by atoms with Crippen LogP contribution in [0.3, 0.4) is 0 Å². The Bertz CT molecular complexity index is 615. The van der Waals surface area contributed by atoms with E-state index in [0.717, 1.165) is 17.9 Å². The van der Waals surface area contributed by atoms with Gasteiger partial charge in [0.2, 0.25) is 5.88 Å². The molecule has 1 fully saturated rings. The summed E-state index contributed by atoms with van der Waals surface area (Å²) in [6.45, 7) is 0.338. The number of amides is 1. The Morgan fingerprint density at radius 3 is 2.95 bits per heavy atom. The molecule has 22 heavy (non-hydrogen) atoms. The van der Waals surface area contributed by atoms with Crippen LogP contribution in [0.1, 0.15) is 22.5 Å². The van der Waals surface area contributed by atoms with E-state index in [1.807, 2.05) is 11.8 Å². The van der Waals surface area contributed by atoms with Crippen LogP contribution in [0, 0.1) is 0 Å². The predicted octanol–water partition coefficient (Wildman–Crippen LogP) is 1.69. The number of hydrogen-bond acceptors (Lipinski definition) is 6. The molecule has 7 heteroatoms. The number of thioether (sulfide) groups is 1. The van der Waals surface area contributed by atoms with Crippen LogP contribution in [-0.4, -0.2) is 38.5 Å². The van der Waals surface area contributed by atoms with Gasteiger partial charge in [-0.25, -0.2) is 4.98 Å². The zero-order chi connectivity index (χ0) is 15.2. The first-order valence-electron chi connectivity index (χ1n) is 7.05. The fourth-order valence-corrected chi connectivity index (χ4v) is 3.15. The lowest BCUT2D eigenvalue weighted by atomic mass is 10.2. The van der Waals surface area contributed by atoms with Gasteiger partial charge in [-0.1, -0.05) is 0 Å². The van der Waals surface area contributed by atoms with Crippen molar-refractivity contribution in [1.29, 1.82) is 0 Å². The first-order valence-corrected chi connectivity index (χ1v) is 8.20. The third-order valence-electron chi connectivity index (χ3n) is 3.22. The lowest BCUT2D eigenvalue weighted by Crippen LogP contribution is -2.23. The van der Waals surface area contributed by atoms with Gasteiger partial charge in [-0.3, -0.25) is 14.8 Å². The molecular formula is C15H16N4O2S. The summed E-state index contributed by atoms with van der Waals surface area (Å²) in [4.78, 5) is 24.3. The van der Waals surface area contributed by atoms with Gasteiger partial charge in [0.25, 0.3) is 5.91 Å². The number of aromatic nitrogens is 3. The zero-order valence-electron chi connectivity index (χ0n) is 11.9. The van der Waals surface area contributed by atoms with Crippen molar-refractivity contribution in [2.45, 2.75) is 19.1 Å². The highest BCUT2D eigenvalue weighted by molar-refractivity contribution is 7.99. The van der Waals surface area contributed by atoms with Crippen LogP contribution in [0.15, 0.2) is 36.9 Å². The number of hydrogen-bond donors (Lipinski definition) is 1. The minimum absolute atomic E-state index is 0.193. The number of ether oxygens (including phenoxy) is 1. The van der Waals surface area contributed by atoms with Gasteiger partial charge < -0.3 is 10.1 Å². The second-order valence-corrected chi connectivity index (χ2v) is 6.02. The Kier molecular flexibility index (Phi) is 4.85. The summed E-state index contributed by atoms with van der Waals surface area (Å²) < 4.78 is 5.76. The van der Waals surface area contributed by atoms with E-state index in [-0.39, 0.29) is 12.0 Å². The van der Waals surface area contributed by atoms with Crippen molar-refractivity contribution in [3.8, 4) is 5.88 Å². The highest BCUT2D eigenvalue weighted by atomic mass is 32.2. The molecule has 0 saturated carbocycles. The molecule has 1 saturated heterocycles. The molecule has 6 nitrogen and oxygen atoms in total. The molecule has 1 N–H and O–H groups in total. The Hall–Kier alpha value is -2.15. The fourth-order valence-electron chi connectivity index (χ4n) is 2.06. The van der Waals surface area contributed by atoms with Gasteiger partial charge in [-0.15, -0.1) is 0 Å². The van der Waals surface area contributed by atoms with E-state index in [4.69, 9.17) is 4.74 Å². The van der Waals surface area contributed by atoms with Crippen molar-refractivity contribution in [2.24, 2.45) is 0 Å². The van der Waals surface area contributed by atoms with Crippen LogP contribution in [0.4, 0.5) is 0 Å². The molecule has 3 heterocycles. The number of carbonyl (C=O) groups is 1. The third kappa shape index (κ3) is 3.94. The van der Waals surface area contributed by atoms with Crippen molar-refractivity contribution in [3.05, 3.63) is 48.2 Å². The van der Waals surface area contributed by atoms with Gasteiger partial charge in [-0.2, -0.15) is 11.8 Å². The summed E-state index contributed by atoms with van der Waals surface area (Å²) in [5.74, 6) is 2.51. The van der Waals surface area contributed by atoms with Crippen molar-refractivity contribution < 1.29 is 9.53 Å². The van der Waals surface area contributed by atoms with Crippen LogP contribution in [0.25, 0.3) is 0 Å². The van der Waals surface area contributed by atoms with E-state index >= 15 is 0 Å². The summed E-state index contributed by atoms with van der Waals surface area (Å²) in [5, 5.41) is 2.78. The molecule has 0 radical (unpaired) electrons. The van der Waals surface area contributed by atoms with Crippen LogP contribution < -0.4 is 10.1 Å². The zero-order valence-corrected chi connectivity index (χ0v) is 12.8. The normalized spacial score (nSPS) is 17.2. The first kappa shape index (κ1) is 14.8. The van der Waals surface area contributed by atoms with Crippen LogP contribution >= 0.6 is 11.8 Å². The quantitative estimate of drug-likeness (QED) is 0.904. The van der Waals surface area contributed by atoms with Crippen molar-refractivity contribution in [3.63, 3.8) is 0 Å². The van der Waals surface area contributed by atoms with Crippen LogP contribution in [0.2, 0.25) is 0 Å². The standard InChI is InChI=1S/C15H16N4O2S/c20-15(19-9-12-8-16-4-5-17-12)11-1-2-14(18-7-11)21-13-3-6-22-10-13/h1-2,4-5,7-8,13H,3,6,9-10H2,(H,19,20).